The molecule has 1 aliphatic rings. The van der Waals surface area contributed by atoms with E-state index in [1.54, 1.807) is 0 Å². The van der Waals surface area contributed by atoms with Crippen LogP contribution < -0.4 is 5.32 Å². The van der Waals surface area contributed by atoms with Gasteiger partial charge in [0.05, 0.1) is 16.6 Å². The van der Waals surface area contributed by atoms with Crippen molar-refractivity contribution in [3.05, 3.63) is 70.2 Å². The fourth-order valence-corrected chi connectivity index (χ4v) is 3.39. The van der Waals surface area contributed by atoms with Gasteiger partial charge < -0.3 is 5.32 Å². The van der Waals surface area contributed by atoms with Crippen molar-refractivity contribution in [3.63, 3.8) is 0 Å². The molecule has 0 aliphatic carbocycles. The second-order valence-corrected chi connectivity index (χ2v) is 6.65. The maximum absolute atomic E-state index is 11.9. The van der Waals surface area contributed by atoms with E-state index in [1.165, 1.54) is 0 Å². The molecule has 3 nitrogen and oxygen atoms in total. The zero-order chi connectivity index (χ0) is 14.8. The summed E-state index contributed by atoms with van der Waals surface area (Å²) in [6.07, 6.45) is 0. The number of urea groups is 1. The molecule has 0 radical (unpaired) electrons. The summed E-state index contributed by atoms with van der Waals surface area (Å²) in [6, 6.07) is 17.2. The number of nitrogens with one attached hydrogen (secondary N) is 1. The number of rotatable bonds is 2. The molecular formula is C16H12Br2N2O. The van der Waals surface area contributed by atoms with Crippen LogP contribution in [0.1, 0.15) is 17.2 Å². The largest absolute Gasteiger partial charge is 0.341 e. The Bertz CT molecular complexity index is 683. The lowest BCUT2D eigenvalue weighted by Crippen LogP contribution is -2.41. The van der Waals surface area contributed by atoms with E-state index < -0.39 is 0 Å². The Balaban J connectivity index is 1.97. The molecule has 1 N–H and O–H groups in total. The van der Waals surface area contributed by atoms with Gasteiger partial charge in [-0.05, 0) is 23.3 Å². The molecule has 0 aromatic heterocycles. The van der Waals surface area contributed by atoms with Crippen molar-refractivity contribution in [1.29, 1.82) is 0 Å². The minimum absolute atomic E-state index is 0.0706. The molecule has 0 fully saturated rings. The van der Waals surface area contributed by atoms with Crippen molar-refractivity contribution in [3.8, 4) is 0 Å². The van der Waals surface area contributed by atoms with Gasteiger partial charge in [-0.1, -0.05) is 74.3 Å². The van der Waals surface area contributed by atoms with Crippen LogP contribution in [-0.4, -0.2) is 16.6 Å². The number of carbonyl (C=O) groups excluding carboxylic acids is 1. The first-order chi connectivity index (χ1) is 10.1. The van der Waals surface area contributed by atoms with Crippen molar-refractivity contribution in [2.45, 2.75) is 10.9 Å². The Labute approximate surface area is 139 Å². The molecule has 1 heterocycles. The first-order valence-electron chi connectivity index (χ1n) is 6.49. The van der Waals surface area contributed by atoms with Crippen molar-refractivity contribution in [2.75, 3.05) is 0 Å². The number of halogens is 2. The lowest BCUT2D eigenvalue weighted by molar-refractivity contribution is 0.244. The molecule has 2 aromatic rings. The Morgan fingerprint density at radius 1 is 1.00 bits per heavy atom. The molecule has 2 aromatic carbocycles. The summed E-state index contributed by atoms with van der Waals surface area (Å²) in [4.78, 5) is 16.0. The summed E-state index contributed by atoms with van der Waals surface area (Å²) in [6.45, 7) is 0. The zero-order valence-corrected chi connectivity index (χ0v) is 14.1. The summed E-state index contributed by atoms with van der Waals surface area (Å²) in [5.74, 6) is 0. The van der Waals surface area contributed by atoms with Gasteiger partial charge in [-0.2, -0.15) is 4.99 Å². The smallest absolute Gasteiger partial charge is 0.328 e. The van der Waals surface area contributed by atoms with Crippen molar-refractivity contribution in [2.24, 2.45) is 4.99 Å². The fraction of sp³-hybridized carbons (Fsp3) is 0.125. The highest BCUT2D eigenvalue weighted by atomic mass is 79.9. The molecule has 1 aliphatic heterocycles. The fourth-order valence-electron chi connectivity index (χ4n) is 2.32. The van der Waals surface area contributed by atoms with Crippen LogP contribution in [0.3, 0.4) is 0 Å². The third-order valence-corrected chi connectivity index (χ3v) is 4.84. The SMILES string of the molecule is O=C1N=C(c2ccccc2)C(Br)C(c2ccc(Br)cc2)N1. The summed E-state index contributed by atoms with van der Waals surface area (Å²) < 4.78 is 1.01. The topological polar surface area (TPSA) is 41.5 Å². The van der Waals surface area contributed by atoms with Crippen LogP contribution in [0, 0.1) is 0 Å². The summed E-state index contributed by atoms with van der Waals surface area (Å²) >= 11 is 7.11. The number of amides is 2. The second-order valence-electron chi connectivity index (χ2n) is 4.74. The van der Waals surface area contributed by atoms with Gasteiger partial charge in [0.25, 0.3) is 0 Å². The molecule has 0 saturated heterocycles. The zero-order valence-electron chi connectivity index (χ0n) is 11.0. The average Bonchev–Trinajstić information content (AvgIpc) is 2.51. The molecule has 0 saturated carbocycles. The number of aliphatic imine (C=N–C) groups is 1. The normalized spacial score (nSPS) is 21.6. The van der Waals surface area contributed by atoms with Gasteiger partial charge in [-0.15, -0.1) is 0 Å². The highest BCUT2D eigenvalue weighted by molar-refractivity contribution is 9.10. The lowest BCUT2D eigenvalue weighted by atomic mass is 9.96. The van der Waals surface area contributed by atoms with E-state index in [4.69, 9.17) is 0 Å². The Morgan fingerprint density at radius 3 is 2.33 bits per heavy atom. The van der Waals surface area contributed by atoms with Crippen LogP contribution in [0.15, 0.2) is 64.1 Å². The van der Waals surface area contributed by atoms with Crippen LogP contribution >= 0.6 is 31.9 Å². The molecule has 5 heteroatoms. The maximum atomic E-state index is 11.9. The van der Waals surface area contributed by atoms with Crippen molar-refractivity contribution < 1.29 is 4.79 Å². The lowest BCUT2D eigenvalue weighted by Gasteiger charge is -2.28. The monoisotopic (exact) mass is 406 g/mol. The highest BCUT2D eigenvalue weighted by Crippen LogP contribution is 2.30. The van der Waals surface area contributed by atoms with E-state index in [1.807, 2.05) is 54.6 Å². The van der Waals surface area contributed by atoms with Gasteiger partial charge >= 0.3 is 6.03 Å². The molecule has 0 spiro atoms. The number of benzene rings is 2. The van der Waals surface area contributed by atoms with Crippen molar-refractivity contribution >= 4 is 43.6 Å². The van der Waals surface area contributed by atoms with Gasteiger partial charge in [0.15, 0.2) is 0 Å². The Hall–Kier alpha value is -1.46. The summed E-state index contributed by atoms with van der Waals surface area (Å²) in [5.41, 5.74) is 2.75. The van der Waals surface area contributed by atoms with E-state index in [9.17, 15) is 4.79 Å². The van der Waals surface area contributed by atoms with Gasteiger partial charge in [0.2, 0.25) is 0 Å². The van der Waals surface area contributed by atoms with E-state index >= 15 is 0 Å². The minimum Gasteiger partial charge on any atom is -0.328 e. The Kier molecular flexibility index (Phi) is 4.22. The van der Waals surface area contributed by atoms with Gasteiger partial charge in [-0.3, -0.25) is 0 Å². The van der Waals surface area contributed by atoms with Gasteiger partial charge in [0, 0.05) is 4.47 Å². The number of hydrogen-bond acceptors (Lipinski definition) is 1. The standard InChI is InChI=1S/C16H12Br2N2O/c17-12-8-6-11(7-9-12)15-13(18)14(19-16(21)20-15)10-4-2-1-3-5-10/h1-9,13,15H,(H,20,21). The molecule has 2 atom stereocenters. The summed E-state index contributed by atoms with van der Waals surface area (Å²) in [7, 11) is 0. The molecule has 3 rings (SSSR count). The second kappa shape index (κ2) is 6.12. The van der Waals surface area contributed by atoms with Crippen LogP contribution in [0.5, 0.6) is 0 Å². The first-order valence-corrected chi connectivity index (χ1v) is 8.20. The quantitative estimate of drug-likeness (QED) is 0.733. The van der Waals surface area contributed by atoms with Crippen molar-refractivity contribution in [1.82, 2.24) is 5.32 Å². The molecule has 2 unspecified atom stereocenters. The predicted molar refractivity (Wildman–Crippen MR) is 91.1 cm³/mol. The molecule has 21 heavy (non-hydrogen) atoms. The number of nitrogens with zero attached hydrogens (tertiary/aromatic N) is 1. The number of hydrogen-bond donors (Lipinski definition) is 1. The van der Waals surface area contributed by atoms with Crippen LogP contribution in [-0.2, 0) is 0 Å². The number of carbonyl (C=O) groups is 1. The van der Waals surface area contributed by atoms with E-state index in [-0.39, 0.29) is 16.9 Å². The predicted octanol–water partition coefficient (Wildman–Crippen LogP) is 4.47. The van der Waals surface area contributed by atoms with Gasteiger partial charge in [0.1, 0.15) is 0 Å². The average molecular weight is 408 g/mol. The van der Waals surface area contributed by atoms with E-state index in [2.05, 4.69) is 42.2 Å². The number of alkyl halides is 1. The third kappa shape index (κ3) is 3.09. The van der Waals surface area contributed by atoms with E-state index in [0.717, 1.165) is 21.3 Å². The molecule has 106 valence electrons. The molecule has 0 bridgehead atoms. The highest BCUT2D eigenvalue weighted by Gasteiger charge is 2.32. The molecular weight excluding hydrogens is 396 g/mol. The maximum Gasteiger partial charge on any atom is 0.341 e. The Morgan fingerprint density at radius 2 is 1.67 bits per heavy atom. The minimum atomic E-state index is -0.308. The summed E-state index contributed by atoms with van der Waals surface area (Å²) in [5, 5.41) is 2.91. The van der Waals surface area contributed by atoms with Crippen LogP contribution in [0.2, 0.25) is 0 Å². The first kappa shape index (κ1) is 14.5. The van der Waals surface area contributed by atoms with E-state index in [0.29, 0.717) is 0 Å². The van der Waals surface area contributed by atoms with Crippen LogP contribution in [0.4, 0.5) is 4.79 Å². The van der Waals surface area contributed by atoms with Crippen LogP contribution in [0.25, 0.3) is 0 Å². The third-order valence-electron chi connectivity index (χ3n) is 3.35. The van der Waals surface area contributed by atoms with Gasteiger partial charge in [-0.25, -0.2) is 4.79 Å². The molecule has 2 amide bonds.